The molecule has 214 valence electrons. The first kappa shape index (κ1) is 31.5. The summed E-state index contributed by atoms with van der Waals surface area (Å²) < 4.78 is 28.8. The number of amides is 2. The Bertz CT molecular complexity index is 1440. The fourth-order valence-corrected chi connectivity index (χ4v) is 6.00. The van der Waals surface area contributed by atoms with E-state index in [9.17, 15) is 18.0 Å². The second-order valence-electron chi connectivity index (χ2n) is 10.3. The van der Waals surface area contributed by atoms with Crippen LogP contribution in [0.1, 0.15) is 37.5 Å². The lowest BCUT2D eigenvalue weighted by atomic mass is 10.1. The number of rotatable bonds is 11. The van der Waals surface area contributed by atoms with Crippen molar-refractivity contribution in [2.45, 2.75) is 52.1 Å². The van der Waals surface area contributed by atoms with Gasteiger partial charge in [0.2, 0.25) is 11.8 Å². The molecule has 0 fully saturated rings. The van der Waals surface area contributed by atoms with Crippen molar-refractivity contribution in [3.63, 3.8) is 0 Å². The zero-order valence-corrected chi connectivity index (χ0v) is 25.6. The lowest BCUT2D eigenvalue weighted by molar-refractivity contribution is -0.139. The van der Waals surface area contributed by atoms with Crippen LogP contribution in [0, 0.1) is 19.8 Å². The minimum absolute atomic E-state index is 0.00922. The Balaban J connectivity index is 2.05. The molecular formula is C30H35Cl2N3O4S. The van der Waals surface area contributed by atoms with Crippen molar-refractivity contribution >= 4 is 50.7 Å². The van der Waals surface area contributed by atoms with Crippen LogP contribution in [0.15, 0.2) is 71.6 Å². The highest BCUT2D eigenvalue weighted by molar-refractivity contribution is 7.92. The summed E-state index contributed by atoms with van der Waals surface area (Å²) in [6.07, 6.45) is 0. The van der Waals surface area contributed by atoms with Gasteiger partial charge in [0.15, 0.2) is 0 Å². The molecule has 40 heavy (non-hydrogen) atoms. The van der Waals surface area contributed by atoms with Crippen LogP contribution < -0.4 is 9.62 Å². The first-order valence-corrected chi connectivity index (χ1v) is 15.2. The Morgan fingerprint density at radius 3 is 2.08 bits per heavy atom. The van der Waals surface area contributed by atoms with Gasteiger partial charge in [-0.1, -0.05) is 84.6 Å². The van der Waals surface area contributed by atoms with E-state index in [-0.39, 0.29) is 39.0 Å². The predicted octanol–water partition coefficient (Wildman–Crippen LogP) is 6.00. The molecule has 2 amide bonds. The third-order valence-corrected chi connectivity index (χ3v) is 8.53. The second kappa shape index (κ2) is 13.5. The number of halogens is 2. The van der Waals surface area contributed by atoms with Crippen molar-refractivity contribution < 1.29 is 18.0 Å². The van der Waals surface area contributed by atoms with Crippen molar-refractivity contribution in [2.75, 3.05) is 17.4 Å². The molecule has 3 aromatic rings. The number of aryl methyl sites for hydroxylation is 2. The maximum absolute atomic E-state index is 14.0. The minimum atomic E-state index is -4.21. The van der Waals surface area contributed by atoms with Crippen molar-refractivity contribution in [3.05, 3.63) is 93.5 Å². The van der Waals surface area contributed by atoms with Gasteiger partial charge in [0.05, 0.1) is 10.6 Å². The second-order valence-corrected chi connectivity index (χ2v) is 13.0. The summed E-state index contributed by atoms with van der Waals surface area (Å²) in [6, 6.07) is 17.4. The highest BCUT2D eigenvalue weighted by Crippen LogP contribution is 2.30. The van der Waals surface area contributed by atoms with E-state index in [1.165, 1.54) is 35.2 Å². The number of hydrogen-bond donors (Lipinski definition) is 1. The third kappa shape index (κ3) is 8.22. The van der Waals surface area contributed by atoms with Gasteiger partial charge < -0.3 is 10.2 Å². The Kier molecular flexibility index (Phi) is 10.6. The Hall–Kier alpha value is -3.07. The van der Waals surface area contributed by atoms with E-state index < -0.39 is 28.5 Å². The van der Waals surface area contributed by atoms with E-state index >= 15 is 0 Å². The molecule has 0 radical (unpaired) electrons. The van der Waals surface area contributed by atoms with Crippen molar-refractivity contribution in [1.29, 1.82) is 0 Å². The monoisotopic (exact) mass is 603 g/mol. The molecule has 1 N–H and O–H groups in total. The van der Waals surface area contributed by atoms with E-state index in [4.69, 9.17) is 23.2 Å². The van der Waals surface area contributed by atoms with E-state index in [0.717, 1.165) is 21.0 Å². The molecule has 0 saturated carbocycles. The van der Waals surface area contributed by atoms with Gasteiger partial charge in [-0.3, -0.25) is 13.9 Å². The maximum atomic E-state index is 14.0. The van der Waals surface area contributed by atoms with Crippen LogP contribution in [-0.2, 0) is 26.2 Å². The van der Waals surface area contributed by atoms with Gasteiger partial charge in [0.25, 0.3) is 10.0 Å². The van der Waals surface area contributed by atoms with E-state index in [0.29, 0.717) is 6.54 Å². The average molecular weight is 605 g/mol. The third-order valence-electron chi connectivity index (χ3n) is 6.31. The molecule has 0 saturated heterocycles. The van der Waals surface area contributed by atoms with Gasteiger partial charge in [0, 0.05) is 23.1 Å². The number of carbonyl (C=O) groups is 2. The Morgan fingerprint density at radius 2 is 1.50 bits per heavy atom. The molecule has 0 aliphatic heterocycles. The molecule has 3 rings (SSSR count). The molecule has 1 atom stereocenters. The van der Waals surface area contributed by atoms with Gasteiger partial charge in [-0.25, -0.2) is 8.42 Å². The van der Waals surface area contributed by atoms with Crippen LogP contribution in [0.5, 0.6) is 0 Å². The smallest absolute Gasteiger partial charge is 0.264 e. The van der Waals surface area contributed by atoms with Crippen LogP contribution in [0.25, 0.3) is 0 Å². The summed E-state index contributed by atoms with van der Waals surface area (Å²) in [5.41, 5.74) is 2.84. The molecule has 0 aromatic heterocycles. The molecular weight excluding hydrogens is 569 g/mol. The number of benzene rings is 3. The van der Waals surface area contributed by atoms with E-state index in [1.54, 1.807) is 19.1 Å². The molecule has 10 heteroatoms. The standard InChI is InChI=1S/C30H35Cl2N3O4S/c1-20(2)17-33-30(37)23(5)34(18-24-8-6-7-22(4)13-24)29(36)19-35(27-15-25(31)14-26(32)16-27)40(38,39)28-11-9-21(3)10-12-28/h6-16,20,23H,17-19H2,1-5H3,(H,33,37)/t23-/m1/s1. The summed E-state index contributed by atoms with van der Waals surface area (Å²) >= 11 is 12.5. The van der Waals surface area contributed by atoms with Crippen LogP contribution in [0.2, 0.25) is 10.0 Å². The highest BCUT2D eigenvalue weighted by Gasteiger charge is 2.33. The molecule has 7 nitrogen and oxygen atoms in total. The quantitative estimate of drug-likeness (QED) is 0.291. The fraction of sp³-hybridized carbons (Fsp3) is 0.333. The predicted molar refractivity (Wildman–Crippen MR) is 161 cm³/mol. The van der Waals surface area contributed by atoms with Crippen LogP contribution >= 0.6 is 23.2 Å². The van der Waals surface area contributed by atoms with Crippen molar-refractivity contribution in [1.82, 2.24) is 10.2 Å². The largest absolute Gasteiger partial charge is 0.354 e. The van der Waals surface area contributed by atoms with Crippen molar-refractivity contribution in [3.8, 4) is 0 Å². The summed E-state index contributed by atoms with van der Waals surface area (Å²) in [6.45, 7) is 9.38. The molecule has 0 unspecified atom stereocenters. The van der Waals surface area contributed by atoms with E-state index in [2.05, 4.69) is 5.32 Å². The summed E-state index contributed by atoms with van der Waals surface area (Å²) in [4.78, 5) is 28.5. The van der Waals surface area contributed by atoms with Gasteiger partial charge in [0.1, 0.15) is 12.6 Å². The zero-order chi connectivity index (χ0) is 29.6. The highest BCUT2D eigenvalue weighted by atomic mass is 35.5. The summed E-state index contributed by atoms with van der Waals surface area (Å²) in [5.74, 6) is -0.659. The normalized spacial score (nSPS) is 12.2. The Labute approximate surface area is 247 Å². The topological polar surface area (TPSA) is 86.8 Å². The van der Waals surface area contributed by atoms with Crippen LogP contribution in [0.3, 0.4) is 0 Å². The van der Waals surface area contributed by atoms with Crippen LogP contribution in [-0.4, -0.2) is 44.3 Å². The lowest BCUT2D eigenvalue weighted by Gasteiger charge is -2.32. The summed E-state index contributed by atoms with van der Waals surface area (Å²) in [7, 11) is -4.21. The number of anilines is 1. The molecule has 0 spiro atoms. The SMILES string of the molecule is Cc1ccc(S(=O)(=O)N(CC(=O)N(Cc2cccc(C)c2)[C@H](C)C(=O)NCC(C)C)c2cc(Cl)cc(Cl)c2)cc1. The number of sulfonamides is 1. The maximum Gasteiger partial charge on any atom is 0.264 e. The minimum Gasteiger partial charge on any atom is -0.354 e. The molecule has 0 heterocycles. The van der Waals surface area contributed by atoms with E-state index in [1.807, 2.05) is 52.0 Å². The van der Waals surface area contributed by atoms with Gasteiger partial charge in [-0.05, 0) is 62.6 Å². The number of nitrogens with one attached hydrogen (secondary N) is 1. The number of hydrogen-bond acceptors (Lipinski definition) is 4. The lowest BCUT2D eigenvalue weighted by Crippen LogP contribution is -2.51. The first-order valence-electron chi connectivity index (χ1n) is 13.0. The van der Waals surface area contributed by atoms with Crippen LogP contribution in [0.4, 0.5) is 5.69 Å². The molecule has 0 aliphatic carbocycles. The fourth-order valence-electron chi connectivity index (χ4n) is 4.09. The number of nitrogens with zero attached hydrogens (tertiary/aromatic N) is 2. The average Bonchev–Trinajstić information content (AvgIpc) is 2.88. The number of carbonyl (C=O) groups excluding carboxylic acids is 2. The summed E-state index contributed by atoms with van der Waals surface area (Å²) in [5, 5.41) is 3.32. The van der Waals surface area contributed by atoms with Gasteiger partial charge >= 0.3 is 0 Å². The first-order chi connectivity index (χ1) is 18.8. The van der Waals surface area contributed by atoms with Gasteiger partial charge in [-0.2, -0.15) is 0 Å². The van der Waals surface area contributed by atoms with Gasteiger partial charge in [-0.15, -0.1) is 0 Å². The van der Waals surface area contributed by atoms with Crippen molar-refractivity contribution in [2.24, 2.45) is 5.92 Å². The Morgan fingerprint density at radius 1 is 0.875 bits per heavy atom. The molecule has 0 aliphatic rings. The molecule has 3 aromatic carbocycles. The molecule has 0 bridgehead atoms. The zero-order valence-electron chi connectivity index (χ0n) is 23.3.